The van der Waals surface area contributed by atoms with Gasteiger partial charge in [-0.25, -0.2) is 0 Å². The Labute approximate surface area is 220 Å². The third-order valence-electron chi connectivity index (χ3n) is 7.83. The van der Waals surface area contributed by atoms with Crippen LogP contribution in [0.2, 0.25) is 31.8 Å². The van der Waals surface area contributed by atoms with E-state index in [2.05, 4.69) is 47.7 Å². The van der Waals surface area contributed by atoms with Gasteiger partial charge in [0.15, 0.2) is 0 Å². The molecule has 0 spiro atoms. The van der Waals surface area contributed by atoms with Gasteiger partial charge in [-0.1, -0.05) is 0 Å². The molecule has 0 amide bonds. The Balaban J connectivity index is 3.49. The molecule has 0 atom stereocenters. The molecule has 1 rings (SSSR count). The molecule has 0 saturated heterocycles. The second-order valence-corrected chi connectivity index (χ2v) is 36.9. The average molecular weight is 693 g/mol. The molecule has 33 heavy (non-hydrogen) atoms. The predicted octanol–water partition coefficient (Wildman–Crippen LogP) is 9.24. The van der Waals surface area contributed by atoms with Gasteiger partial charge in [-0.05, 0) is 0 Å². The molecule has 0 bridgehead atoms. The van der Waals surface area contributed by atoms with Crippen LogP contribution in [0.15, 0.2) is 6.20 Å². The van der Waals surface area contributed by atoms with Gasteiger partial charge >= 0.3 is 222 Å². The number of aromatic nitrogens is 2. The number of hydrogen-bond acceptors (Lipinski definition) is 2. The Morgan fingerprint density at radius 1 is 0.576 bits per heavy atom. The molecule has 0 unspecified atom stereocenters. The van der Waals surface area contributed by atoms with Crippen LogP contribution in [-0.2, 0) is 0 Å². The predicted molar refractivity (Wildman–Crippen MR) is 156 cm³/mol. The van der Waals surface area contributed by atoms with E-state index in [0.29, 0.717) is 0 Å². The Morgan fingerprint density at radius 3 is 1.21 bits per heavy atom. The molecule has 0 N–H and O–H groups in total. The summed E-state index contributed by atoms with van der Waals surface area (Å²) in [5.74, 6) is 0. The van der Waals surface area contributed by atoms with Crippen molar-refractivity contribution in [3.8, 4) is 0 Å². The van der Waals surface area contributed by atoms with Crippen molar-refractivity contribution in [2.24, 2.45) is 0 Å². The first-order valence-electron chi connectivity index (χ1n) is 14.5. The van der Waals surface area contributed by atoms with Crippen molar-refractivity contribution < 1.29 is 0 Å². The fourth-order valence-electron chi connectivity index (χ4n) is 5.56. The van der Waals surface area contributed by atoms with E-state index in [-0.39, 0.29) is 0 Å². The topological polar surface area (TPSA) is 25.8 Å². The molecular weight excluding hydrogens is 637 g/mol. The summed E-state index contributed by atoms with van der Waals surface area (Å²) in [6.07, 6.45) is 18.1. The van der Waals surface area contributed by atoms with Crippen LogP contribution >= 0.6 is 11.6 Å². The van der Waals surface area contributed by atoms with Gasteiger partial charge in [0.05, 0.1) is 0 Å². The summed E-state index contributed by atoms with van der Waals surface area (Å²) >= 11 is 1.93. The Hall–Kier alpha value is 0.967. The first-order valence-corrected chi connectivity index (χ1v) is 29.9. The van der Waals surface area contributed by atoms with Crippen LogP contribution in [0.5, 0.6) is 0 Å². The van der Waals surface area contributed by atoms with Crippen molar-refractivity contribution >= 4 is 55.8 Å². The fraction of sp³-hybridized carbons (Fsp3) is 0.857. The zero-order valence-electron chi connectivity index (χ0n) is 23.1. The monoisotopic (exact) mass is 694 g/mol. The summed E-state index contributed by atoms with van der Waals surface area (Å²) < 4.78 is 11.3. The van der Waals surface area contributed by atoms with Gasteiger partial charge in [0.2, 0.25) is 0 Å². The van der Waals surface area contributed by atoms with Gasteiger partial charge in [0.1, 0.15) is 0 Å². The van der Waals surface area contributed by atoms with E-state index in [1.54, 1.807) is 0 Å². The second kappa shape index (κ2) is 18.2. The molecule has 192 valence electrons. The van der Waals surface area contributed by atoms with Gasteiger partial charge in [-0.2, -0.15) is 0 Å². The van der Waals surface area contributed by atoms with Crippen LogP contribution in [0.1, 0.15) is 119 Å². The molecular formula is C28H55ClN2Sn2. The molecule has 1 aromatic rings. The molecule has 0 aromatic carbocycles. The van der Waals surface area contributed by atoms with Crippen molar-refractivity contribution in [1.29, 1.82) is 0 Å². The van der Waals surface area contributed by atoms with Crippen LogP contribution < -0.4 is 7.42 Å². The number of rotatable bonds is 20. The van der Waals surface area contributed by atoms with Crippen molar-refractivity contribution in [2.75, 3.05) is 0 Å². The molecule has 0 saturated carbocycles. The van der Waals surface area contributed by atoms with Crippen molar-refractivity contribution in [3.05, 3.63) is 11.3 Å². The van der Waals surface area contributed by atoms with E-state index >= 15 is 0 Å². The summed E-state index contributed by atoms with van der Waals surface area (Å²) in [7, 11) is 0. The van der Waals surface area contributed by atoms with Gasteiger partial charge in [-0.15, -0.1) is 0 Å². The van der Waals surface area contributed by atoms with Crippen LogP contribution in [0, 0.1) is 0 Å². The van der Waals surface area contributed by atoms with E-state index in [1.807, 2.05) is 0 Å². The summed E-state index contributed by atoms with van der Waals surface area (Å²) in [6.45, 7) is 14.0. The molecule has 1 heterocycles. The fourth-order valence-corrected chi connectivity index (χ4v) is 37.7. The Bertz CT molecular complexity index is 595. The van der Waals surface area contributed by atoms with Crippen LogP contribution in [0.4, 0.5) is 0 Å². The van der Waals surface area contributed by atoms with E-state index in [0.717, 1.165) is 5.15 Å². The number of halogens is 1. The summed E-state index contributed by atoms with van der Waals surface area (Å²) in [6, 6.07) is 0. The van der Waals surface area contributed by atoms with E-state index in [9.17, 15) is 0 Å². The van der Waals surface area contributed by atoms with Crippen LogP contribution in [-0.4, -0.2) is 46.7 Å². The minimum absolute atomic E-state index is 0.845. The second-order valence-electron chi connectivity index (χ2n) is 10.6. The molecule has 0 radical (unpaired) electrons. The Kier molecular flexibility index (Phi) is 17.7. The van der Waals surface area contributed by atoms with Gasteiger partial charge in [0.25, 0.3) is 0 Å². The zero-order chi connectivity index (χ0) is 24.6. The molecule has 1 aromatic heterocycles. The zero-order valence-corrected chi connectivity index (χ0v) is 29.5. The first-order chi connectivity index (χ1) is 16.0. The third kappa shape index (κ3) is 10.1. The minimum atomic E-state index is -2.66. The summed E-state index contributed by atoms with van der Waals surface area (Å²) in [4.78, 5) is 10.7. The summed E-state index contributed by atoms with van der Waals surface area (Å²) in [5.41, 5.74) is 0. The average Bonchev–Trinajstić information content (AvgIpc) is 2.84. The third-order valence-corrected chi connectivity index (χ3v) is 38.7. The van der Waals surface area contributed by atoms with Gasteiger partial charge in [0, 0.05) is 0 Å². The maximum absolute atomic E-state index is 7.17. The van der Waals surface area contributed by atoms with E-state index in [1.165, 1.54) is 111 Å². The maximum atomic E-state index is 7.17. The SMILES string of the molecule is CCC[CH2][Sn]([CH2]CCC)([CH2]CCC)[c]1cn[c]([Sn]([CH2]CCC)([CH2]CCC)[CH2]CCC)c(Cl)n1. The van der Waals surface area contributed by atoms with E-state index < -0.39 is 36.8 Å². The molecule has 0 aliphatic carbocycles. The van der Waals surface area contributed by atoms with Gasteiger partial charge in [-0.3, -0.25) is 0 Å². The number of unbranched alkanes of at least 4 members (excludes halogenated alkanes) is 6. The number of hydrogen-bond donors (Lipinski definition) is 0. The van der Waals surface area contributed by atoms with Crippen molar-refractivity contribution in [3.63, 3.8) is 0 Å². The normalized spacial score (nSPS) is 12.5. The van der Waals surface area contributed by atoms with Crippen molar-refractivity contribution in [2.45, 2.75) is 145 Å². The molecule has 2 nitrogen and oxygen atoms in total. The van der Waals surface area contributed by atoms with E-state index in [4.69, 9.17) is 21.6 Å². The first kappa shape index (κ1) is 32.0. The van der Waals surface area contributed by atoms with Crippen molar-refractivity contribution in [1.82, 2.24) is 9.97 Å². The molecule has 0 fully saturated rings. The summed E-state index contributed by atoms with van der Waals surface area (Å²) in [5, 5.41) is 0.845. The van der Waals surface area contributed by atoms with Crippen LogP contribution in [0.25, 0.3) is 0 Å². The standard InChI is InChI=1S/C4HClN2.6C4H9.2Sn/c5-4-3-6-1-2-7-4;6*1-3-4-2;;/h1H;6*1,3-4H2,2H3;;. The Morgan fingerprint density at radius 2 is 0.909 bits per heavy atom. The molecule has 0 aliphatic rings. The molecule has 5 heteroatoms. The molecule has 0 aliphatic heterocycles. The quantitative estimate of drug-likeness (QED) is 0.127. The van der Waals surface area contributed by atoms with Crippen LogP contribution in [0.3, 0.4) is 0 Å². The van der Waals surface area contributed by atoms with Gasteiger partial charge < -0.3 is 0 Å². The number of nitrogens with zero attached hydrogens (tertiary/aromatic N) is 2.